The number of aromatic hydroxyl groups is 1. The first-order chi connectivity index (χ1) is 15.1. The first kappa shape index (κ1) is 19.6. The molecular formula is C26H26N2O3. The highest BCUT2D eigenvalue weighted by Crippen LogP contribution is 2.33. The van der Waals surface area contributed by atoms with Gasteiger partial charge in [0.05, 0.1) is 11.6 Å². The number of nitrogens with zero attached hydrogens (tertiary/aromatic N) is 1. The van der Waals surface area contributed by atoms with Crippen molar-refractivity contribution in [3.8, 4) is 5.75 Å². The second-order valence-electron chi connectivity index (χ2n) is 8.49. The molecular weight excluding hydrogens is 388 g/mol. The highest BCUT2D eigenvalue weighted by Gasteiger charge is 2.36. The van der Waals surface area contributed by atoms with Crippen LogP contribution in [0.3, 0.4) is 0 Å². The molecule has 1 fully saturated rings. The predicted octanol–water partition coefficient (Wildman–Crippen LogP) is 4.34. The van der Waals surface area contributed by atoms with E-state index in [0.29, 0.717) is 18.4 Å². The fourth-order valence-electron chi connectivity index (χ4n) is 5.04. The highest BCUT2D eigenvalue weighted by molar-refractivity contribution is 6.05. The smallest absolute Gasteiger partial charge is 0.258 e. The molecule has 1 heterocycles. The van der Waals surface area contributed by atoms with Crippen molar-refractivity contribution in [1.29, 1.82) is 0 Å². The van der Waals surface area contributed by atoms with Gasteiger partial charge in [0.1, 0.15) is 11.8 Å². The number of likely N-dealkylation sites (tertiary alicyclic amines) is 1. The van der Waals surface area contributed by atoms with Gasteiger partial charge in [0, 0.05) is 11.9 Å². The molecule has 2 amide bonds. The van der Waals surface area contributed by atoms with Crippen LogP contribution in [0.2, 0.25) is 0 Å². The van der Waals surface area contributed by atoms with Crippen LogP contribution in [0.5, 0.6) is 5.75 Å². The molecule has 2 aliphatic rings. The van der Waals surface area contributed by atoms with E-state index in [1.165, 1.54) is 11.1 Å². The minimum Gasteiger partial charge on any atom is -0.506 e. The summed E-state index contributed by atoms with van der Waals surface area (Å²) in [5.41, 5.74) is 2.73. The third kappa shape index (κ3) is 3.54. The maximum absolute atomic E-state index is 13.3. The molecule has 5 rings (SSSR count). The molecule has 0 saturated carbocycles. The summed E-state index contributed by atoms with van der Waals surface area (Å²) < 4.78 is 0. The summed E-state index contributed by atoms with van der Waals surface area (Å²) in [5, 5.41) is 15.5. The van der Waals surface area contributed by atoms with Crippen molar-refractivity contribution in [3.63, 3.8) is 0 Å². The van der Waals surface area contributed by atoms with Crippen molar-refractivity contribution in [3.05, 3.63) is 77.4 Å². The summed E-state index contributed by atoms with van der Waals surface area (Å²) in [4.78, 5) is 28.1. The molecule has 3 aromatic carbocycles. The normalized spacial score (nSPS) is 20.5. The Bertz CT molecular complexity index is 1160. The molecule has 0 aromatic heterocycles. The number of benzene rings is 3. The van der Waals surface area contributed by atoms with Gasteiger partial charge in [-0.3, -0.25) is 9.59 Å². The lowest BCUT2D eigenvalue weighted by Gasteiger charge is -2.30. The van der Waals surface area contributed by atoms with E-state index in [-0.39, 0.29) is 29.2 Å². The Kier molecular flexibility index (Phi) is 5.10. The molecule has 0 spiro atoms. The third-order valence-electron chi connectivity index (χ3n) is 6.63. The average Bonchev–Trinajstić information content (AvgIpc) is 3.30. The molecule has 31 heavy (non-hydrogen) atoms. The lowest BCUT2D eigenvalue weighted by Crippen LogP contribution is -2.47. The molecule has 5 heteroatoms. The van der Waals surface area contributed by atoms with Crippen molar-refractivity contribution < 1.29 is 14.7 Å². The topological polar surface area (TPSA) is 69.6 Å². The lowest BCUT2D eigenvalue weighted by molar-refractivity contribution is -0.125. The first-order valence-electron chi connectivity index (χ1n) is 11.0. The molecule has 5 nitrogen and oxygen atoms in total. The molecule has 1 aliphatic carbocycles. The van der Waals surface area contributed by atoms with Gasteiger partial charge in [-0.15, -0.1) is 0 Å². The summed E-state index contributed by atoms with van der Waals surface area (Å²) >= 11 is 0. The number of amides is 2. The van der Waals surface area contributed by atoms with E-state index in [1.54, 1.807) is 17.0 Å². The zero-order valence-corrected chi connectivity index (χ0v) is 17.4. The number of rotatable bonds is 3. The van der Waals surface area contributed by atoms with Gasteiger partial charge in [-0.1, -0.05) is 54.6 Å². The van der Waals surface area contributed by atoms with Crippen LogP contribution in [0.1, 0.15) is 53.2 Å². The largest absolute Gasteiger partial charge is 0.506 e. The Morgan fingerprint density at radius 2 is 1.74 bits per heavy atom. The van der Waals surface area contributed by atoms with Crippen molar-refractivity contribution in [2.24, 2.45) is 0 Å². The Morgan fingerprint density at radius 1 is 0.935 bits per heavy atom. The standard InChI is InChI=1S/C26H26N2O3/c29-24-20-11-4-2-8-18(20)14-15-21(24)26(31)28-16-6-13-23(28)25(30)27-22-12-5-9-17-7-1-3-10-19(17)22/h1-4,7-8,10-11,14-15,22-23,29H,5-6,9,12-13,16H2,(H,27,30). The van der Waals surface area contributed by atoms with Crippen molar-refractivity contribution in [2.75, 3.05) is 6.54 Å². The van der Waals surface area contributed by atoms with Crippen LogP contribution in [0, 0.1) is 0 Å². The van der Waals surface area contributed by atoms with Gasteiger partial charge in [-0.2, -0.15) is 0 Å². The number of carbonyl (C=O) groups is 2. The van der Waals surface area contributed by atoms with Crippen molar-refractivity contribution in [1.82, 2.24) is 10.2 Å². The zero-order chi connectivity index (χ0) is 21.4. The Morgan fingerprint density at radius 3 is 2.65 bits per heavy atom. The monoisotopic (exact) mass is 414 g/mol. The van der Waals surface area contributed by atoms with Gasteiger partial charge < -0.3 is 15.3 Å². The minimum absolute atomic E-state index is 0.0101. The van der Waals surface area contributed by atoms with E-state index in [1.807, 2.05) is 36.4 Å². The summed E-state index contributed by atoms with van der Waals surface area (Å²) in [6.07, 6.45) is 4.41. The molecule has 3 aromatic rings. The maximum Gasteiger partial charge on any atom is 0.258 e. The van der Waals surface area contributed by atoms with Crippen LogP contribution >= 0.6 is 0 Å². The van der Waals surface area contributed by atoms with Crippen LogP contribution in [0.4, 0.5) is 0 Å². The number of nitrogens with one attached hydrogen (secondary N) is 1. The Labute approximate surface area is 181 Å². The van der Waals surface area contributed by atoms with Gasteiger partial charge in [0.25, 0.3) is 5.91 Å². The van der Waals surface area contributed by atoms with Crippen LogP contribution < -0.4 is 5.32 Å². The lowest BCUT2D eigenvalue weighted by atomic mass is 9.87. The van der Waals surface area contributed by atoms with E-state index >= 15 is 0 Å². The Hall–Kier alpha value is -3.34. The zero-order valence-electron chi connectivity index (χ0n) is 17.4. The van der Waals surface area contributed by atoms with E-state index in [4.69, 9.17) is 0 Å². The molecule has 2 N–H and O–H groups in total. The van der Waals surface area contributed by atoms with Crippen LogP contribution in [0.15, 0.2) is 60.7 Å². The van der Waals surface area contributed by atoms with Crippen molar-refractivity contribution in [2.45, 2.75) is 44.2 Å². The number of hydrogen-bond acceptors (Lipinski definition) is 3. The molecule has 0 bridgehead atoms. The third-order valence-corrected chi connectivity index (χ3v) is 6.63. The Balaban J connectivity index is 1.37. The average molecular weight is 415 g/mol. The summed E-state index contributed by atoms with van der Waals surface area (Å²) in [7, 11) is 0. The van der Waals surface area contributed by atoms with Crippen molar-refractivity contribution >= 4 is 22.6 Å². The predicted molar refractivity (Wildman–Crippen MR) is 120 cm³/mol. The second kappa shape index (κ2) is 8.06. The number of aryl methyl sites for hydroxylation is 1. The number of hydrogen-bond donors (Lipinski definition) is 2. The van der Waals surface area contributed by atoms with Gasteiger partial charge in [-0.25, -0.2) is 0 Å². The van der Waals surface area contributed by atoms with E-state index < -0.39 is 6.04 Å². The van der Waals surface area contributed by atoms with Gasteiger partial charge in [0.2, 0.25) is 5.91 Å². The van der Waals surface area contributed by atoms with E-state index in [0.717, 1.165) is 31.1 Å². The molecule has 1 aliphatic heterocycles. The number of phenols is 1. The summed E-state index contributed by atoms with van der Waals surface area (Å²) in [6, 6.07) is 18.7. The molecule has 2 unspecified atom stereocenters. The van der Waals surface area contributed by atoms with Crippen LogP contribution in [-0.4, -0.2) is 34.4 Å². The maximum atomic E-state index is 13.3. The minimum atomic E-state index is -0.507. The molecule has 158 valence electrons. The first-order valence-corrected chi connectivity index (χ1v) is 11.0. The molecule has 1 saturated heterocycles. The van der Waals surface area contributed by atoms with E-state index in [2.05, 4.69) is 17.4 Å². The van der Waals surface area contributed by atoms with Crippen LogP contribution in [0.25, 0.3) is 10.8 Å². The number of carbonyl (C=O) groups excluding carboxylic acids is 2. The van der Waals surface area contributed by atoms with E-state index in [9.17, 15) is 14.7 Å². The summed E-state index contributed by atoms with van der Waals surface area (Å²) in [5.74, 6) is -0.409. The number of phenolic OH excluding ortho intramolecular Hbond substituents is 1. The van der Waals surface area contributed by atoms with Crippen LogP contribution in [-0.2, 0) is 11.2 Å². The highest BCUT2D eigenvalue weighted by atomic mass is 16.3. The second-order valence-corrected chi connectivity index (χ2v) is 8.49. The molecule has 2 atom stereocenters. The summed E-state index contributed by atoms with van der Waals surface area (Å²) in [6.45, 7) is 0.518. The quantitative estimate of drug-likeness (QED) is 0.670. The molecule has 0 radical (unpaired) electrons. The fourth-order valence-corrected chi connectivity index (χ4v) is 5.04. The van der Waals surface area contributed by atoms with Gasteiger partial charge in [0.15, 0.2) is 0 Å². The van der Waals surface area contributed by atoms with Gasteiger partial charge in [-0.05, 0) is 54.7 Å². The van der Waals surface area contributed by atoms with Gasteiger partial charge >= 0.3 is 0 Å². The fraction of sp³-hybridized carbons (Fsp3) is 0.308. The number of fused-ring (bicyclic) bond motifs is 2. The SMILES string of the molecule is O=C(NC1CCCc2ccccc21)C1CCCN1C(=O)c1ccc2ccccc2c1O.